The van der Waals surface area contributed by atoms with E-state index in [4.69, 9.17) is 26.1 Å². The summed E-state index contributed by atoms with van der Waals surface area (Å²) in [6.45, 7) is 6.70. The van der Waals surface area contributed by atoms with Crippen LogP contribution in [0.1, 0.15) is 80.0 Å². The van der Waals surface area contributed by atoms with Crippen molar-refractivity contribution < 1.29 is 33.8 Å². The standard InChI is InChI=1S/C37H43ClN4O7S/c1-37(2,3)49-35(45)39-20-12-5-4-9-17-29(43)48-32-33(44)42(22-18-24-13-7-6-8-14-24)34-30(31(40-32)25-15-10-11-16-27(25)38)26-19-21-41(36(46)47)23-28(26)50-34/h6-8,10-11,13-16,32H,4-5,9,12,17-23H2,1-3H3,(H,39,45)(H,46,47). The number of carbonyl (C=O) groups excluding carboxylic acids is 3. The van der Waals surface area contributed by atoms with Gasteiger partial charge in [-0.2, -0.15) is 0 Å². The van der Waals surface area contributed by atoms with Gasteiger partial charge in [-0.25, -0.2) is 14.6 Å². The highest BCUT2D eigenvalue weighted by Gasteiger charge is 2.39. The quantitative estimate of drug-likeness (QED) is 0.149. The summed E-state index contributed by atoms with van der Waals surface area (Å²) in [5.41, 5.74) is 3.16. The molecule has 0 fully saturated rings. The number of esters is 1. The number of halogens is 1. The first-order chi connectivity index (χ1) is 23.9. The second-order valence-electron chi connectivity index (χ2n) is 13.3. The molecule has 0 saturated heterocycles. The van der Waals surface area contributed by atoms with E-state index >= 15 is 0 Å². The molecule has 1 aromatic heterocycles. The number of amides is 3. The summed E-state index contributed by atoms with van der Waals surface area (Å²) in [7, 11) is 0. The third-order valence-corrected chi connectivity index (χ3v) is 9.90. The Balaban J connectivity index is 1.36. The molecular weight excluding hydrogens is 680 g/mol. The van der Waals surface area contributed by atoms with E-state index in [-0.39, 0.29) is 13.0 Å². The number of hydrogen-bond acceptors (Lipinski definition) is 8. The first-order valence-corrected chi connectivity index (χ1v) is 18.1. The van der Waals surface area contributed by atoms with Crippen LogP contribution in [0.4, 0.5) is 14.6 Å². The second-order valence-corrected chi connectivity index (χ2v) is 14.7. The van der Waals surface area contributed by atoms with Crippen LogP contribution >= 0.6 is 22.9 Å². The number of fused-ring (bicyclic) bond motifs is 3. The number of nitrogens with zero attached hydrogens (tertiary/aromatic N) is 3. The Morgan fingerprint density at radius 3 is 2.48 bits per heavy atom. The Bertz CT molecular complexity index is 1740. The van der Waals surface area contributed by atoms with E-state index in [9.17, 15) is 24.3 Å². The van der Waals surface area contributed by atoms with Crippen molar-refractivity contribution in [3.05, 3.63) is 86.8 Å². The lowest BCUT2D eigenvalue weighted by Gasteiger charge is -2.24. The molecule has 11 nitrogen and oxygen atoms in total. The Hall–Kier alpha value is -4.42. The third kappa shape index (κ3) is 9.42. The summed E-state index contributed by atoms with van der Waals surface area (Å²) >= 11 is 8.10. The van der Waals surface area contributed by atoms with Crippen LogP contribution in [0.2, 0.25) is 5.02 Å². The molecule has 1 atom stereocenters. The maximum Gasteiger partial charge on any atom is 0.407 e. The van der Waals surface area contributed by atoms with Gasteiger partial charge in [0.2, 0.25) is 0 Å². The first-order valence-electron chi connectivity index (χ1n) is 16.9. The molecule has 1 unspecified atom stereocenters. The number of benzene rings is 2. The van der Waals surface area contributed by atoms with Crippen LogP contribution in [-0.2, 0) is 38.4 Å². The minimum Gasteiger partial charge on any atom is -0.465 e. The molecule has 50 heavy (non-hydrogen) atoms. The highest BCUT2D eigenvalue weighted by Crippen LogP contribution is 2.43. The van der Waals surface area contributed by atoms with Crippen molar-refractivity contribution in [2.75, 3.05) is 24.5 Å². The van der Waals surface area contributed by atoms with Crippen LogP contribution < -0.4 is 10.2 Å². The fourth-order valence-electron chi connectivity index (χ4n) is 5.92. The molecule has 3 heterocycles. The van der Waals surface area contributed by atoms with Crippen molar-refractivity contribution in [3.8, 4) is 0 Å². The topological polar surface area (TPSA) is 138 Å². The minimum absolute atomic E-state index is 0.104. The number of alkyl carbamates (subject to hydrolysis) is 1. The van der Waals surface area contributed by atoms with Crippen molar-refractivity contribution in [1.29, 1.82) is 0 Å². The van der Waals surface area contributed by atoms with Crippen LogP contribution in [0.5, 0.6) is 0 Å². The van der Waals surface area contributed by atoms with Crippen molar-refractivity contribution in [3.63, 3.8) is 0 Å². The Morgan fingerprint density at radius 2 is 1.76 bits per heavy atom. The van der Waals surface area contributed by atoms with Gasteiger partial charge in [-0.05, 0) is 63.6 Å². The van der Waals surface area contributed by atoms with E-state index in [1.165, 1.54) is 16.2 Å². The van der Waals surface area contributed by atoms with Crippen molar-refractivity contribution in [1.82, 2.24) is 10.2 Å². The number of rotatable bonds is 12. The van der Waals surface area contributed by atoms with Crippen LogP contribution in [0.25, 0.3) is 0 Å². The van der Waals surface area contributed by atoms with E-state index in [2.05, 4.69) is 5.32 Å². The van der Waals surface area contributed by atoms with Crippen molar-refractivity contribution >= 4 is 57.7 Å². The van der Waals surface area contributed by atoms with Gasteiger partial charge in [0.05, 0.1) is 12.3 Å². The zero-order chi connectivity index (χ0) is 35.8. The van der Waals surface area contributed by atoms with Crippen molar-refractivity contribution in [2.24, 2.45) is 4.99 Å². The minimum atomic E-state index is -1.43. The van der Waals surface area contributed by atoms with E-state index in [0.717, 1.165) is 40.8 Å². The van der Waals surface area contributed by atoms with Crippen LogP contribution in [0.3, 0.4) is 0 Å². The first kappa shape index (κ1) is 36.9. The molecule has 2 aliphatic rings. The maximum absolute atomic E-state index is 14.4. The summed E-state index contributed by atoms with van der Waals surface area (Å²) in [5, 5.41) is 13.5. The second kappa shape index (κ2) is 16.5. The fourth-order valence-corrected chi connectivity index (χ4v) is 7.54. The Morgan fingerprint density at radius 1 is 1.04 bits per heavy atom. The Labute approximate surface area is 301 Å². The van der Waals surface area contributed by atoms with Gasteiger partial charge in [0, 0.05) is 47.1 Å². The zero-order valence-corrected chi connectivity index (χ0v) is 30.1. The summed E-state index contributed by atoms with van der Waals surface area (Å²) in [5.74, 6) is -1.01. The fraction of sp³-hybridized carbons (Fsp3) is 0.432. The molecule has 0 spiro atoms. The molecule has 0 saturated carbocycles. The number of carbonyl (C=O) groups is 4. The van der Waals surface area contributed by atoms with Crippen molar-refractivity contribution in [2.45, 2.75) is 84.1 Å². The van der Waals surface area contributed by atoms with Crippen LogP contribution in [0, 0.1) is 0 Å². The normalized spacial score (nSPS) is 15.8. The van der Waals surface area contributed by atoms with Gasteiger partial charge in [-0.3, -0.25) is 14.5 Å². The summed E-state index contributed by atoms with van der Waals surface area (Å²) in [6, 6.07) is 17.0. The van der Waals surface area contributed by atoms with Gasteiger partial charge >= 0.3 is 18.2 Å². The number of nitrogens with one attached hydrogen (secondary N) is 1. The number of thiophene rings is 1. The average molecular weight is 723 g/mol. The molecule has 13 heteroatoms. The van der Waals surface area contributed by atoms with Gasteiger partial charge in [-0.15, -0.1) is 11.3 Å². The molecule has 5 rings (SSSR count). The number of aliphatic imine (C=N–C) groups is 1. The molecular formula is C37H43ClN4O7S. The number of unbranched alkanes of at least 4 members (excludes halogenated alkanes) is 3. The molecule has 3 aromatic rings. The smallest absolute Gasteiger partial charge is 0.407 e. The predicted octanol–water partition coefficient (Wildman–Crippen LogP) is 7.21. The maximum atomic E-state index is 14.4. The highest BCUT2D eigenvalue weighted by molar-refractivity contribution is 7.17. The van der Waals surface area contributed by atoms with Crippen LogP contribution in [0.15, 0.2) is 59.6 Å². The molecule has 0 aliphatic carbocycles. The lowest BCUT2D eigenvalue weighted by atomic mass is 9.95. The number of carboxylic acid groups (broad SMARTS) is 1. The SMILES string of the molecule is CC(C)(C)OC(=O)NCCCCCCC(=O)OC1N=C(c2ccccc2Cl)c2c(sc3c2CCN(C(=O)O)C3)N(CCc2ccccc2)C1=O. The number of anilines is 1. The number of ether oxygens (including phenoxy) is 2. The van der Waals surface area contributed by atoms with E-state index in [1.54, 1.807) is 17.0 Å². The van der Waals surface area contributed by atoms with E-state index < -0.39 is 35.9 Å². The van der Waals surface area contributed by atoms with E-state index in [0.29, 0.717) is 60.2 Å². The molecule has 3 amide bonds. The van der Waals surface area contributed by atoms with Gasteiger partial charge in [-0.1, -0.05) is 73.0 Å². The zero-order valence-electron chi connectivity index (χ0n) is 28.6. The summed E-state index contributed by atoms with van der Waals surface area (Å²) in [4.78, 5) is 60.0. The lowest BCUT2D eigenvalue weighted by molar-refractivity contribution is -0.154. The molecule has 2 aliphatic heterocycles. The Kier molecular flexibility index (Phi) is 12.2. The van der Waals surface area contributed by atoms with Gasteiger partial charge in [0.15, 0.2) is 0 Å². The molecule has 2 N–H and O–H groups in total. The predicted molar refractivity (Wildman–Crippen MR) is 193 cm³/mol. The lowest BCUT2D eigenvalue weighted by Crippen LogP contribution is -2.41. The monoisotopic (exact) mass is 722 g/mol. The van der Waals surface area contributed by atoms with E-state index in [1.807, 2.05) is 63.2 Å². The summed E-state index contributed by atoms with van der Waals surface area (Å²) in [6.07, 6.45) is 0.997. The average Bonchev–Trinajstić information content (AvgIpc) is 3.39. The number of hydrogen-bond donors (Lipinski definition) is 2. The third-order valence-electron chi connectivity index (χ3n) is 8.33. The molecule has 2 aromatic carbocycles. The van der Waals surface area contributed by atoms with Crippen LogP contribution in [-0.4, -0.2) is 71.2 Å². The van der Waals surface area contributed by atoms with Gasteiger partial charge in [0.1, 0.15) is 10.6 Å². The molecule has 266 valence electrons. The molecule has 0 radical (unpaired) electrons. The molecule has 0 bridgehead atoms. The highest BCUT2D eigenvalue weighted by atomic mass is 35.5. The largest absolute Gasteiger partial charge is 0.465 e. The summed E-state index contributed by atoms with van der Waals surface area (Å²) < 4.78 is 11.1. The van der Waals surface area contributed by atoms with Gasteiger partial charge < -0.3 is 24.8 Å². The van der Waals surface area contributed by atoms with Gasteiger partial charge in [0.25, 0.3) is 12.1 Å².